The van der Waals surface area contributed by atoms with Crippen LogP contribution in [0.5, 0.6) is 11.5 Å². The second-order valence-corrected chi connectivity index (χ2v) is 8.73. The first-order valence-electron chi connectivity index (χ1n) is 10.9. The van der Waals surface area contributed by atoms with Gasteiger partial charge in [-0.15, -0.1) is 0 Å². The van der Waals surface area contributed by atoms with Gasteiger partial charge in [0.05, 0.1) is 42.7 Å². The maximum absolute atomic E-state index is 13.7. The Morgan fingerprint density at radius 1 is 1.06 bits per heavy atom. The number of nitrogens with zero attached hydrogens (tertiary/aromatic N) is 2. The standard InChI is InChI=1S/C26H26N2O6S/c1-16-22(25(30)34-14-13-31-2)23(17-9-11-19(32-3)12-10-17)28-24(29)21(35-26(28)27-16)15-18-7-5-6-8-20(18)33-4/h5-12,15,23H,13-14H2,1-4H3/b21-15+/t23-/m1/s1. The first-order chi connectivity index (χ1) is 17.0. The quantitative estimate of drug-likeness (QED) is 0.353. The van der Waals surface area contributed by atoms with E-state index in [0.717, 1.165) is 11.1 Å². The average Bonchev–Trinajstić information content (AvgIpc) is 3.17. The van der Waals surface area contributed by atoms with Crippen molar-refractivity contribution < 1.29 is 23.7 Å². The second kappa shape index (κ2) is 10.7. The van der Waals surface area contributed by atoms with E-state index in [4.69, 9.17) is 18.9 Å². The number of hydrogen-bond acceptors (Lipinski definition) is 8. The van der Waals surface area contributed by atoms with E-state index < -0.39 is 12.0 Å². The molecule has 1 aliphatic heterocycles. The number of benzene rings is 2. The fraction of sp³-hybridized carbons (Fsp3) is 0.269. The molecular formula is C26H26N2O6S. The van der Waals surface area contributed by atoms with Crippen molar-refractivity contribution in [3.8, 4) is 11.5 Å². The number of methoxy groups -OCH3 is 3. The van der Waals surface area contributed by atoms with Gasteiger partial charge in [0.2, 0.25) is 0 Å². The highest BCUT2D eigenvalue weighted by atomic mass is 32.1. The summed E-state index contributed by atoms with van der Waals surface area (Å²) in [5.74, 6) is 0.786. The minimum Gasteiger partial charge on any atom is -0.497 e. The fourth-order valence-electron chi connectivity index (χ4n) is 3.91. The lowest BCUT2D eigenvalue weighted by Crippen LogP contribution is -2.40. The number of carbonyl (C=O) groups excluding carboxylic acids is 1. The summed E-state index contributed by atoms with van der Waals surface area (Å²) < 4.78 is 23.2. The van der Waals surface area contributed by atoms with Crippen LogP contribution < -0.4 is 24.4 Å². The molecule has 2 aromatic carbocycles. The summed E-state index contributed by atoms with van der Waals surface area (Å²) in [5.41, 5.74) is 2.07. The van der Waals surface area contributed by atoms with Gasteiger partial charge in [-0.05, 0) is 36.8 Å². The number of fused-ring (bicyclic) bond motifs is 1. The zero-order valence-corrected chi connectivity index (χ0v) is 20.8. The Morgan fingerprint density at radius 2 is 1.80 bits per heavy atom. The van der Waals surface area contributed by atoms with Gasteiger partial charge in [-0.2, -0.15) is 0 Å². The molecule has 1 aliphatic rings. The predicted molar refractivity (Wildman–Crippen MR) is 133 cm³/mol. The maximum Gasteiger partial charge on any atom is 0.338 e. The van der Waals surface area contributed by atoms with Crippen molar-refractivity contribution in [1.29, 1.82) is 0 Å². The van der Waals surface area contributed by atoms with E-state index in [1.165, 1.54) is 18.4 Å². The average molecular weight is 495 g/mol. The molecule has 0 amide bonds. The van der Waals surface area contributed by atoms with Crippen molar-refractivity contribution in [3.05, 3.63) is 90.6 Å². The van der Waals surface area contributed by atoms with E-state index in [1.54, 1.807) is 43.9 Å². The molecule has 0 unspecified atom stereocenters. The lowest BCUT2D eigenvalue weighted by molar-refractivity contribution is -0.140. The summed E-state index contributed by atoms with van der Waals surface area (Å²) >= 11 is 1.26. The van der Waals surface area contributed by atoms with E-state index in [2.05, 4.69) is 4.99 Å². The van der Waals surface area contributed by atoms with E-state index in [9.17, 15) is 9.59 Å². The van der Waals surface area contributed by atoms with Crippen LogP contribution in [-0.4, -0.2) is 45.1 Å². The highest BCUT2D eigenvalue weighted by Crippen LogP contribution is 2.31. The van der Waals surface area contributed by atoms with Gasteiger partial charge in [0, 0.05) is 12.7 Å². The third-order valence-corrected chi connectivity index (χ3v) is 6.60. The molecule has 0 N–H and O–H groups in total. The van der Waals surface area contributed by atoms with Crippen molar-refractivity contribution >= 4 is 23.4 Å². The molecule has 4 rings (SSSR count). The smallest absolute Gasteiger partial charge is 0.338 e. The summed E-state index contributed by atoms with van der Waals surface area (Å²) in [5, 5.41) is 0. The third-order valence-electron chi connectivity index (χ3n) is 5.62. The van der Waals surface area contributed by atoms with Gasteiger partial charge in [-0.3, -0.25) is 9.36 Å². The largest absolute Gasteiger partial charge is 0.497 e. The minimum atomic E-state index is -0.702. The van der Waals surface area contributed by atoms with Crippen molar-refractivity contribution in [2.75, 3.05) is 34.5 Å². The normalized spacial score (nSPS) is 15.4. The summed E-state index contributed by atoms with van der Waals surface area (Å²) in [6.07, 6.45) is 1.78. The number of ether oxygens (including phenoxy) is 4. The lowest BCUT2D eigenvalue weighted by Gasteiger charge is -2.25. The van der Waals surface area contributed by atoms with Crippen LogP contribution in [0.3, 0.4) is 0 Å². The van der Waals surface area contributed by atoms with Crippen molar-refractivity contribution in [2.45, 2.75) is 13.0 Å². The van der Waals surface area contributed by atoms with Gasteiger partial charge in [0.25, 0.3) is 5.56 Å². The zero-order valence-electron chi connectivity index (χ0n) is 19.9. The summed E-state index contributed by atoms with van der Waals surface area (Å²) in [6.45, 7) is 2.12. The SMILES string of the molecule is COCCOC(=O)C1=C(C)N=c2s/c(=C/c3ccccc3OC)c(=O)n2[C@@H]1c1ccc(OC)cc1. The summed E-state index contributed by atoms with van der Waals surface area (Å²) in [4.78, 5) is 31.9. The van der Waals surface area contributed by atoms with Crippen molar-refractivity contribution in [3.63, 3.8) is 0 Å². The number of para-hydroxylation sites is 1. The molecule has 0 bridgehead atoms. The Balaban J connectivity index is 1.89. The lowest BCUT2D eigenvalue weighted by atomic mass is 9.96. The van der Waals surface area contributed by atoms with Gasteiger partial charge >= 0.3 is 5.97 Å². The van der Waals surface area contributed by atoms with Gasteiger partial charge in [0.15, 0.2) is 4.80 Å². The van der Waals surface area contributed by atoms with Gasteiger partial charge in [-0.1, -0.05) is 41.7 Å². The number of rotatable bonds is 8. The molecule has 0 spiro atoms. The van der Waals surface area contributed by atoms with E-state index >= 15 is 0 Å². The molecule has 35 heavy (non-hydrogen) atoms. The molecule has 0 radical (unpaired) electrons. The molecule has 182 valence electrons. The maximum atomic E-state index is 13.7. The number of allylic oxidation sites excluding steroid dienone is 1. The molecule has 1 atom stereocenters. The van der Waals surface area contributed by atoms with Crippen LogP contribution in [0.4, 0.5) is 0 Å². The molecular weight excluding hydrogens is 468 g/mol. The first-order valence-corrected chi connectivity index (χ1v) is 11.8. The Hall–Kier alpha value is -3.69. The number of thiazole rings is 1. The van der Waals surface area contributed by atoms with Crippen LogP contribution in [0.1, 0.15) is 24.1 Å². The Bertz CT molecular complexity index is 1440. The number of aromatic nitrogens is 1. The Kier molecular flexibility index (Phi) is 7.48. The number of carbonyl (C=O) groups is 1. The summed E-state index contributed by atoms with van der Waals surface area (Å²) in [7, 11) is 4.70. The second-order valence-electron chi connectivity index (χ2n) is 7.73. The van der Waals surface area contributed by atoms with Gasteiger partial charge in [0.1, 0.15) is 18.1 Å². The summed E-state index contributed by atoms with van der Waals surface area (Å²) in [6, 6.07) is 14.0. The Morgan fingerprint density at radius 3 is 2.49 bits per heavy atom. The minimum absolute atomic E-state index is 0.0969. The van der Waals surface area contributed by atoms with Crippen LogP contribution >= 0.6 is 11.3 Å². The number of esters is 1. The van der Waals surface area contributed by atoms with E-state index in [0.29, 0.717) is 32.1 Å². The molecule has 0 saturated heterocycles. The third kappa shape index (κ3) is 4.91. The number of hydrogen-bond donors (Lipinski definition) is 0. The highest BCUT2D eigenvalue weighted by Gasteiger charge is 2.33. The zero-order chi connectivity index (χ0) is 24.9. The van der Waals surface area contributed by atoms with Crippen LogP contribution in [0.2, 0.25) is 0 Å². The van der Waals surface area contributed by atoms with Gasteiger partial charge < -0.3 is 18.9 Å². The van der Waals surface area contributed by atoms with E-state index in [1.807, 2.05) is 36.4 Å². The van der Waals surface area contributed by atoms with Crippen LogP contribution in [0.15, 0.2) is 69.6 Å². The van der Waals surface area contributed by atoms with Crippen molar-refractivity contribution in [1.82, 2.24) is 4.57 Å². The molecule has 1 aromatic heterocycles. The Labute approximate surface area is 206 Å². The molecule has 3 aromatic rings. The monoisotopic (exact) mass is 494 g/mol. The molecule has 0 fully saturated rings. The predicted octanol–water partition coefficient (Wildman–Crippen LogP) is 2.44. The van der Waals surface area contributed by atoms with Crippen LogP contribution in [-0.2, 0) is 14.3 Å². The highest BCUT2D eigenvalue weighted by molar-refractivity contribution is 7.07. The molecule has 0 saturated carbocycles. The van der Waals surface area contributed by atoms with Crippen LogP contribution in [0, 0.1) is 0 Å². The molecule has 8 nitrogen and oxygen atoms in total. The molecule has 2 heterocycles. The first kappa shape index (κ1) is 24.4. The topological polar surface area (TPSA) is 88.4 Å². The molecule has 0 aliphatic carbocycles. The van der Waals surface area contributed by atoms with Crippen LogP contribution in [0.25, 0.3) is 6.08 Å². The van der Waals surface area contributed by atoms with Gasteiger partial charge in [-0.25, -0.2) is 9.79 Å². The molecule has 9 heteroatoms. The van der Waals surface area contributed by atoms with Crippen molar-refractivity contribution in [2.24, 2.45) is 4.99 Å². The fourth-order valence-corrected chi connectivity index (χ4v) is 4.94. The van der Waals surface area contributed by atoms with E-state index in [-0.39, 0.29) is 18.8 Å².